The summed E-state index contributed by atoms with van der Waals surface area (Å²) in [5.41, 5.74) is 0.0491. The van der Waals surface area contributed by atoms with Gasteiger partial charge in [-0.2, -0.15) is 0 Å². The first kappa shape index (κ1) is 13.6. The Bertz CT molecular complexity index is 471. The molecule has 0 fully saturated rings. The van der Waals surface area contributed by atoms with Crippen LogP contribution in [0, 0.1) is 5.82 Å². The predicted octanol–water partition coefficient (Wildman–Crippen LogP) is 0.483. The monoisotopic (exact) mass is 255 g/mol. The summed E-state index contributed by atoms with van der Waals surface area (Å²) in [6.07, 6.45) is -0.734. The average molecular weight is 255 g/mol. The Kier molecular flexibility index (Phi) is 4.36. The zero-order valence-corrected chi connectivity index (χ0v) is 9.09. The van der Waals surface area contributed by atoms with Crippen LogP contribution in [0.4, 0.5) is 4.39 Å². The number of carboxylic acids is 2. The van der Waals surface area contributed by atoms with Gasteiger partial charge in [0.25, 0.3) is 5.91 Å². The number of benzene rings is 1. The van der Waals surface area contributed by atoms with E-state index < -0.39 is 36.1 Å². The van der Waals surface area contributed by atoms with Gasteiger partial charge in [0.2, 0.25) is 0 Å². The van der Waals surface area contributed by atoms with Gasteiger partial charge in [0.15, 0.2) is 0 Å². The standard InChI is InChI=1S/C11H10FNO5/c12-7-3-1-6(2-4-7)10(16)13-8(11(17)18)5-9(14)15/h1-4,8H,5H2,(H,13,16)(H,14,15)(H,17,18)/t8-/m1/s1. The van der Waals surface area contributed by atoms with Crippen molar-refractivity contribution in [1.82, 2.24) is 5.32 Å². The van der Waals surface area contributed by atoms with Gasteiger partial charge in [-0.05, 0) is 24.3 Å². The van der Waals surface area contributed by atoms with Gasteiger partial charge < -0.3 is 15.5 Å². The van der Waals surface area contributed by atoms with Crippen molar-refractivity contribution in [3.05, 3.63) is 35.6 Å². The highest BCUT2D eigenvalue weighted by Gasteiger charge is 2.23. The highest BCUT2D eigenvalue weighted by Crippen LogP contribution is 2.04. The van der Waals surface area contributed by atoms with Gasteiger partial charge >= 0.3 is 11.9 Å². The van der Waals surface area contributed by atoms with Gasteiger partial charge in [0.1, 0.15) is 11.9 Å². The van der Waals surface area contributed by atoms with Gasteiger partial charge in [-0.3, -0.25) is 9.59 Å². The molecule has 6 nitrogen and oxygen atoms in total. The number of carbonyl (C=O) groups excluding carboxylic acids is 1. The van der Waals surface area contributed by atoms with E-state index in [1.165, 1.54) is 12.1 Å². The third-order valence-electron chi connectivity index (χ3n) is 2.09. The summed E-state index contributed by atoms with van der Waals surface area (Å²) in [4.78, 5) is 32.7. The fourth-order valence-electron chi connectivity index (χ4n) is 1.22. The maximum Gasteiger partial charge on any atom is 0.326 e. The van der Waals surface area contributed by atoms with Crippen molar-refractivity contribution in [2.75, 3.05) is 0 Å². The first-order valence-electron chi connectivity index (χ1n) is 4.91. The molecule has 0 aliphatic rings. The van der Waals surface area contributed by atoms with Crippen LogP contribution in [0.25, 0.3) is 0 Å². The van der Waals surface area contributed by atoms with E-state index in [-0.39, 0.29) is 5.56 Å². The smallest absolute Gasteiger partial charge is 0.326 e. The van der Waals surface area contributed by atoms with Crippen LogP contribution in [0.2, 0.25) is 0 Å². The average Bonchev–Trinajstić information content (AvgIpc) is 2.28. The molecule has 0 aliphatic carbocycles. The summed E-state index contributed by atoms with van der Waals surface area (Å²) in [6.45, 7) is 0. The van der Waals surface area contributed by atoms with Crippen LogP contribution < -0.4 is 5.32 Å². The number of carboxylic acid groups (broad SMARTS) is 2. The van der Waals surface area contributed by atoms with Crippen molar-refractivity contribution in [1.29, 1.82) is 0 Å². The number of aliphatic carboxylic acids is 2. The maximum atomic E-state index is 12.6. The molecular weight excluding hydrogens is 245 g/mol. The molecule has 3 N–H and O–H groups in total. The summed E-state index contributed by atoms with van der Waals surface area (Å²) in [7, 11) is 0. The molecule has 0 aliphatic heterocycles. The molecule has 1 atom stereocenters. The van der Waals surface area contributed by atoms with E-state index in [9.17, 15) is 18.8 Å². The summed E-state index contributed by atoms with van der Waals surface area (Å²) in [5, 5.41) is 19.3. The highest BCUT2D eigenvalue weighted by atomic mass is 19.1. The second-order valence-corrected chi connectivity index (χ2v) is 3.47. The molecule has 96 valence electrons. The molecule has 1 rings (SSSR count). The van der Waals surface area contributed by atoms with E-state index >= 15 is 0 Å². The molecule has 1 aromatic rings. The second-order valence-electron chi connectivity index (χ2n) is 3.47. The molecule has 0 aromatic heterocycles. The molecule has 0 bridgehead atoms. The molecule has 7 heteroatoms. The lowest BCUT2D eigenvalue weighted by Gasteiger charge is -2.12. The molecule has 1 amide bonds. The zero-order chi connectivity index (χ0) is 13.7. The quantitative estimate of drug-likeness (QED) is 0.710. The minimum atomic E-state index is -1.53. The minimum Gasteiger partial charge on any atom is -0.481 e. The fourth-order valence-corrected chi connectivity index (χ4v) is 1.22. The Labute approximate surface area is 101 Å². The van der Waals surface area contributed by atoms with Crippen molar-refractivity contribution >= 4 is 17.8 Å². The van der Waals surface area contributed by atoms with Crippen LogP contribution in [0.5, 0.6) is 0 Å². The van der Waals surface area contributed by atoms with Crippen LogP contribution in [0.15, 0.2) is 24.3 Å². The summed E-state index contributed by atoms with van der Waals surface area (Å²) < 4.78 is 12.6. The number of rotatable bonds is 5. The number of halogens is 1. The Morgan fingerprint density at radius 1 is 1.17 bits per heavy atom. The SMILES string of the molecule is O=C(O)C[C@@H](NC(=O)c1ccc(F)cc1)C(=O)O. The van der Waals surface area contributed by atoms with Crippen LogP contribution in [-0.2, 0) is 9.59 Å². The van der Waals surface area contributed by atoms with Crippen molar-refractivity contribution in [2.45, 2.75) is 12.5 Å². The molecule has 0 spiro atoms. The van der Waals surface area contributed by atoms with E-state index in [0.717, 1.165) is 12.1 Å². The molecule has 0 heterocycles. The Balaban J connectivity index is 2.75. The van der Waals surface area contributed by atoms with E-state index in [2.05, 4.69) is 0 Å². The Morgan fingerprint density at radius 3 is 2.17 bits per heavy atom. The predicted molar refractivity (Wildman–Crippen MR) is 57.5 cm³/mol. The largest absolute Gasteiger partial charge is 0.481 e. The molecule has 0 radical (unpaired) electrons. The lowest BCUT2D eigenvalue weighted by atomic mass is 10.1. The van der Waals surface area contributed by atoms with Crippen molar-refractivity contribution in [3.63, 3.8) is 0 Å². The summed E-state index contributed by atoms with van der Waals surface area (Å²) >= 11 is 0. The maximum absolute atomic E-state index is 12.6. The van der Waals surface area contributed by atoms with Crippen molar-refractivity contribution in [2.24, 2.45) is 0 Å². The molecule has 0 saturated carbocycles. The first-order valence-corrected chi connectivity index (χ1v) is 4.91. The normalized spacial score (nSPS) is 11.6. The number of hydrogen-bond donors (Lipinski definition) is 3. The molecule has 0 unspecified atom stereocenters. The van der Waals surface area contributed by atoms with Gasteiger partial charge in [-0.25, -0.2) is 9.18 Å². The third-order valence-corrected chi connectivity index (χ3v) is 2.09. The summed E-state index contributed by atoms with van der Waals surface area (Å²) in [6, 6.07) is 2.90. The lowest BCUT2D eigenvalue weighted by Crippen LogP contribution is -2.42. The van der Waals surface area contributed by atoms with Gasteiger partial charge in [0, 0.05) is 5.56 Å². The summed E-state index contributed by atoms with van der Waals surface area (Å²) in [5.74, 6) is -4.11. The van der Waals surface area contributed by atoms with Gasteiger partial charge in [-0.15, -0.1) is 0 Å². The fraction of sp³-hybridized carbons (Fsp3) is 0.182. The highest BCUT2D eigenvalue weighted by molar-refractivity contribution is 5.97. The zero-order valence-electron chi connectivity index (χ0n) is 9.09. The number of carbonyl (C=O) groups is 3. The third kappa shape index (κ3) is 3.85. The van der Waals surface area contributed by atoms with E-state index in [4.69, 9.17) is 10.2 Å². The minimum absolute atomic E-state index is 0.0491. The number of amides is 1. The molecule has 1 aromatic carbocycles. The van der Waals surface area contributed by atoms with E-state index in [1.54, 1.807) is 0 Å². The van der Waals surface area contributed by atoms with Crippen LogP contribution in [0.3, 0.4) is 0 Å². The topological polar surface area (TPSA) is 104 Å². The molecular formula is C11H10FNO5. The molecule has 0 saturated heterocycles. The van der Waals surface area contributed by atoms with Crippen molar-refractivity contribution < 1.29 is 29.0 Å². The number of hydrogen-bond acceptors (Lipinski definition) is 3. The Hall–Kier alpha value is -2.44. The van der Waals surface area contributed by atoms with Crippen LogP contribution in [0.1, 0.15) is 16.8 Å². The lowest BCUT2D eigenvalue weighted by molar-refractivity contribution is -0.145. The molecule has 18 heavy (non-hydrogen) atoms. The van der Waals surface area contributed by atoms with Crippen LogP contribution >= 0.6 is 0 Å². The first-order chi connectivity index (χ1) is 8.40. The second kappa shape index (κ2) is 5.76. The van der Waals surface area contributed by atoms with Crippen molar-refractivity contribution in [3.8, 4) is 0 Å². The van der Waals surface area contributed by atoms with Gasteiger partial charge in [0.05, 0.1) is 6.42 Å². The van der Waals surface area contributed by atoms with Gasteiger partial charge in [-0.1, -0.05) is 0 Å². The van der Waals surface area contributed by atoms with E-state index in [0.29, 0.717) is 0 Å². The van der Waals surface area contributed by atoms with E-state index in [1.807, 2.05) is 5.32 Å². The number of nitrogens with one attached hydrogen (secondary N) is 1. The Morgan fingerprint density at radius 2 is 1.72 bits per heavy atom. The van der Waals surface area contributed by atoms with Crippen LogP contribution in [-0.4, -0.2) is 34.1 Å².